The third-order valence-electron chi connectivity index (χ3n) is 1.75. The van der Waals surface area contributed by atoms with Crippen LogP contribution in [0.1, 0.15) is 17.3 Å². The number of hydrogen-bond donors (Lipinski definition) is 0. The SMILES string of the molecule is C/C=C/C(=O)c1ccc(F)cc1OC. The highest BCUT2D eigenvalue weighted by Crippen LogP contribution is 2.20. The molecule has 0 aliphatic carbocycles. The summed E-state index contributed by atoms with van der Waals surface area (Å²) in [6.45, 7) is 1.74. The lowest BCUT2D eigenvalue weighted by atomic mass is 10.1. The molecule has 0 bridgehead atoms. The predicted octanol–water partition coefficient (Wildman–Crippen LogP) is 2.59. The first-order valence-electron chi connectivity index (χ1n) is 4.19. The van der Waals surface area contributed by atoms with Crippen molar-refractivity contribution < 1.29 is 13.9 Å². The number of carbonyl (C=O) groups is 1. The number of rotatable bonds is 3. The third kappa shape index (κ3) is 2.19. The summed E-state index contributed by atoms with van der Waals surface area (Å²) < 4.78 is 17.7. The number of ether oxygens (including phenoxy) is 1. The molecule has 0 unspecified atom stereocenters. The molecule has 0 amide bonds. The molecule has 0 saturated carbocycles. The van der Waals surface area contributed by atoms with Gasteiger partial charge in [-0.2, -0.15) is 0 Å². The molecule has 0 radical (unpaired) electrons. The first kappa shape index (κ1) is 10.4. The van der Waals surface area contributed by atoms with E-state index in [1.807, 2.05) is 0 Å². The van der Waals surface area contributed by atoms with Gasteiger partial charge in [0.2, 0.25) is 0 Å². The normalized spacial score (nSPS) is 10.5. The fraction of sp³-hybridized carbons (Fsp3) is 0.182. The molecule has 0 spiro atoms. The van der Waals surface area contributed by atoms with Gasteiger partial charge in [-0.3, -0.25) is 4.79 Å². The molecule has 0 aromatic heterocycles. The van der Waals surface area contributed by atoms with Crippen LogP contribution in [-0.2, 0) is 0 Å². The second-order valence-electron chi connectivity index (χ2n) is 2.71. The summed E-state index contributed by atoms with van der Waals surface area (Å²) in [5, 5.41) is 0. The second kappa shape index (κ2) is 4.56. The minimum Gasteiger partial charge on any atom is -0.496 e. The molecular formula is C11H11FO2. The van der Waals surface area contributed by atoms with Gasteiger partial charge in [-0.05, 0) is 25.1 Å². The Labute approximate surface area is 82.0 Å². The molecule has 2 nitrogen and oxygen atoms in total. The van der Waals surface area contributed by atoms with Crippen LogP contribution in [0.2, 0.25) is 0 Å². The average molecular weight is 194 g/mol. The fourth-order valence-electron chi connectivity index (χ4n) is 1.11. The van der Waals surface area contributed by atoms with Crippen molar-refractivity contribution in [2.75, 3.05) is 7.11 Å². The maximum atomic E-state index is 12.8. The Morgan fingerprint density at radius 1 is 1.50 bits per heavy atom. The van der Waals surface area contributed by atoms with Gasteiger partial charge >= 0.3 is 0 Å². The van der Waals surface area contributed by atoms with Gasteiger partial charge in [-0.1, -0.05) is 6.08 Å². The van der Waals surface area contributed by atoms with Crippen LogP contribution in [0.4, 0.5) is 4.39 Å². The van der Waals surface area contributed by atoms with E-state index in [-0.39, 0.29) is 11.5 Å². The Hall–Kier alpha value is -1.64. The van der Waals surface area contributed by atoms with E-state index < -0.39 is 5.82 Å². The van der Waals surface area contributed by atoms with Crippen molar-refractivity contribution in [2.24, 2.45) is 0 Å². The third-order valence-corrected chi connectivity index (χ3v) is 1.75. The lowest BCUT2D eigenvalue weighted by Crippen LogP contribution is -1.99. The minimum atomic E-state index is -0.418. The van der Waals surface area contributed by atoms with Crippen molar-refractivity contribution in [3.63, 3.8) is 0 Å². The first-order valence-corrected chi connectivity index (χ1v) is 4.19. The van der Waals surface area contributed by atoms with Crippen LogP contribution in [0.25, 0.3) is 0 Å². The number of halogens is 1. The van der Waals surface area contributed by atoms with E-state index in [4.69, 9.17) is 4.74 Å². The van der Waals surface area contributed by atoms with E-state index in [1.165, 1.54) is 31.4 Å². The van der Waals surface area contributed by atoms with Gasteiger partial charge in [0.25, 0.3) is 0 Å². The van der Waals surface area contributed by atoms with Gasteiger partial charge in [-0.15, -0.1) is 0 Å². The quantitative estimate of drug-likeness (QED) is 0.546. The molecule has 14 heavy (non-hydrogen) atoms. The van der Waals surface area contributed by atoms with Gasteiger partial charge in [0.15, 0.2) is 5.78 Å². The maximum Gasteiger partial charge on any atom is 0.189 e. The Bertz CT molecular complexity index is 370. The molecule has 1 rings (SSSR count). The summed E-state index contributed by atoms with van der Waals surface area (Å²) in [5.41, 5.74) is 0.368. The number of allylic oxidation sites excluding steroid dienone is 2. The van der Waals surface area contributed by atoms with Crippen molar-refractivity contribution in [1.82, 2.24) is 0 Å². The van der Waals surface area contributed by atoms with Crippen LogP contribution < -0.4 is 4.74 Å². The molecule has 0 atom stereocenters. The highest BCUT2D eigenvalue weighted by molar-refractivity contribution is 6.06. The molecule has 0 heterocycles. The molecular weight excluding hydrogens is 183 g/mol. The predicted molar refractivity (Wildman–Crippen MR) is 52.1 cm³/mol. The summed E-state index contributed by atoms with van der Waals surface area (Å²) in [4.78, 5) is 11.4. The molecule has 0 aliphatic rings. The van der Waals surface area contributed by atoms with E-state index in [0.717, 1.165) is 0 Å². The van der Waals surface area contributed by atoms with Crippen LogP contribution in [0.3, 0.4) is 0 Å². The van der Waals surface area contributed by atoms with Crippen LogP contribution in [-0.4, -0.2) is 12.9 Å². The Morgan fingerprint density at radius 2 is 2.21 bits per heavy atom. The maximum absolute atomic E-state index is 12.8. The molecule has 1 aromatic carbocycles. The summed E-state index contributed by atoms with van der Waals surface area (Å²) in [7, 11) is 1.40. The zero-order chi connectivity index (χ0) is 10.6. The summed E-state index contributed by atoms with van der Waals surface area (Å²) in [6.07, 6.45) is 3.04. The van der Waals surface area contributed by atoms with Gasteiger partial charge in [-0.25, -0.2) is 4.39 Å². The monoisotopic (exact) mass is 194 g/mol. The molecule has 1 aromatic rings. The van der Waals surface area contributed by atoms with Gasteiger partial charge in [0.1, 0.15) is 11.6 Å². The summed E-state index contributed by atoms with van der Waals surface area (Å²) >= 11 is 0. The zero-order valence-electron chi connectivity index (χ0n) is 8.08. The molecule has 74 valence electrons. The Kier molecular flexibility index (Phi) is 3.40. The second-order valence-corrected chi connectivity index (χ2v) is 2.71. The summed E-state index contributed by atoms with van der Waals surface area (Å²) in [5.74, 6) is -0.351. The van der Waals surface area contributed by atoms with E-state index in [0.29, 0.717) is 5.56 Å². The van der Waals surface area contributed by atoms with Gasteiger partial charge < -0.3 is 4.74 Å². The number of hydrogen-bond acceptors (Lipinski definition) is 2. The number of methoxy groups -OCH3 is 1. The van der Waals surface area contributed by atoms with E-state index in [9.17, 15) is 9.18 Å². The van der Waals surface area contributed by atoms with Crippen molar-refractivity contribution in [2.45, 2.75) is 6.92 Å². The van der Waals surface area contributed by atoms with Crippen molar-refractivity contribution in [1.29, 1.82) is 0 Å². The molecule has 0 aliphatic heterocycles. The average Bonchev–Trinajstić information content (AvgIpc) is 2.17. The molecule has 0 N–H and O–H groups in total. The molecule has 0 fully saturated rings. The van der Waals surface area contributed by atoms with Crippen LogP contribution in [0.5, 0.6) is 5.75 Å². The van der Waals surface area contributed by atoms with E-state index in [1.54, 1.807) is 13.0 Å². The van der Waals surface area contributed by atoms with E-state index >= 15 is 0 Å². The van der Waals surface area contributed by atoms with E-state index in [2.05, 4.69) is 0 Å². The number of ketones is 1. The minimum absolute atomic E-state index is 0.190. The standard InChI is InChI=1S/C11H11FO2/c1-3-4-10(13)9-6-5-8(12)7-11(9)14-2/h3-7H,1-2H3/b4-3+. The molecule has 3 heteroatoms. The number of carbonyl (C=O) groups excluding carboxylic acids is 1. The molecule has 0 saturated heterocycles. The fourth-order valence-corrected chi connectivity index (χ4v) is 1.11. The van der Waals surface area contributed by atoms with Gasteiger partial charge in [0.05, 0.1) is 12.7 Å². The highest BCUT2D eigenvalue weighted by Gasteiger charge is 2.09. The van der Waals surface area contributed by atoms with Crippen molar-refractivity contribution >= 4 is 5.78 Å². The Morgan fingerprint density at radius 3 is 2.79 bits per heavy atom. The highest BCUT2D eigenvalue weighted by atomic mass is 19.1. The summed E-state index contributed by atoms with van der Waals surface area (Å²) in [6, 6.07) is 3.84. The van der Waals surface area contributed by atoms with Gasteiger partial charge in [0, 0.05) is 6.07 Å². The van der Waals surface area contributed by atoms with Crippen molar-refractivity contribution in [3.8, 4) is 5.75 Å². The lowest BCUT2D eigenvalue weighted by Gasteiger charge is -2.04. The largest absolute Gasteiger partial charge is 0.496 e. The van der Waals surface area contributed by atoms with Crippen molar-refractivity contribution in [3.05, 3.63) is 41.7 Å². The Balaban J connectivity index is 3.13. The first-order chi connectivity index (χ1) is 6.69. The topological polar surface area (TPSA) is 26.3 Å². The van der Waals surface area contributed by atoms with Crippen LogP contribution >= 0.6 is 0 Å². The zero-order valence-corrected chi connectivity index (χ0v) is 8.08. The number of benzene rings is 1. The lowest BCUT2D eigenvalue weighted by molar-refractivity contribution is 0.104. The smallest absolute Gasteiger partial charge is 0.189 e. The van der Waals surface area contributed by atoms with Crippen LogP contribution in [0.15, 0.2) is 30.4 Å². The van der Waals surface area contributed by atoms with Crippen LogP contribution in [0, 0.1) is 5.82 Å².